The average molecular weight is 297 g/mol. The van der Waals surface area contributed by atoms with Gasteiger partial charge in [-0.15, -0.1) is 21.5 Å². The molecule has 3 aromatic rings. The Morgan fingerprint density at radius 1 is 1.24 bits per heavy atom. The number of aromatic nitrogens is 4. The molecule has 106 valence electrons. The minimum absolute atomic E-state index is 0.243. The normalized spacial score (nSPS) is 17.7. The molecule has 0 saturated heterocycles. The average Bonchev–Trinajstić information content (AvgIpc) is 3.15. The molecule has 0 amide bonds. The molecule has 0 spiro atoms. The number of rotatable bonds is 2. The molecule has 4 rings (SSSR count). The molecule has 0 aliphatic carbocycles. The van der Waals surface area contributed by atoms with Crippen molar-refractivity contribution in [1.29, 1.82) is 0 Å². The van der Waals surface area contributed by atoms with Gasteiger partial charge in [-0.25, -0.2) is 4.98 Å². The zero-order valence-electron chi connectivity index (χ0n) is 11.7. The van der Waals surface area contributed by atoms with E-state index in [9.17, 15) is 0 Å². The van der Waals surface area contributed by atoms with Crippen molar-refractivity contribution in [2.45, 2.75) is 19.5 Å². The van der Waals surface area contributed by atoms with Crippen molar-refractivity contribution in [1.82, 2.24) is 25.1 Å². The number of nitrogens with one attached hydrogen (secondary N) is 1. The van der Waals surface area contributed by atoms with E-state index in [4.69, 9.17) is 4.98 Å². The van der Waals surface area contributed by atoms with E-state index in [0.717, 1.165) is 41.0 Å². The fourth-order valence-corrected chi connectivity index (χ4v) is 3.42. The third kappa shape index (κ3) is 2.16. The van der Waals surface area contributed by atoms with E-state index in [1.165, 1.54) is 0 Å². The number of hydrogen-bond acceptors (Lipinski definition) is 5. The summed E-state index contributed by atoms with van der Waals surface area (Å²) >= 11 is 1.64. The van der Waals surface area contributed by atoms with Crippen LogP contribution in [0.25, 0.3) is 22.1 Å². The van der Waals surface area contributed by atoms with Crippen LogP contribution in [0.5, 0.6) is 0 Å². The molecular weight excluding hydrogens is 282 g/mol. The van der Waals surface area contributed by atoms with E-state index in [0.29, 0.717) is 0 Å². The summed E-state index contributed by atoms with van der Waals surface area (Å²) in [7, 11) is 0. The van der Waals surface area contributed by atoms with E-state index in [1.807, 2.05) is 18.2 Å². The minimum atomic E-state index is 0.243. The van der Waals surface area contributed by atoms with Crippen LogP contribution >= 0.6 is 11.3 Å². The van der Waals surface area contributed by atoms with Gasteiger partial charge in [0.15, 0.2) is 5.82 Å². The first kappa shape index (κ1) is 12.7. The van der Waals surface area contributed by atoms with Gasteiger partial charge in [-0.05, 0) is 6.92 Å². The molecule has 21 heavy (non-hydrogen) atoms. The van der Waals surface area contributed by atoms with Crippen LogP contribution in [0.4, 0.5) is 0 Å². The summed E-state index contributed by atoms with van der Waals surface area (Å²) in [6.45, 7) is 3.94. The first-order valence-corrected chi connectivity index (χ1v) is 7.88. The molecule has 1 aromatic carbocycles. The van der Waals surface area contributed by atoms with E-state index >= 15 is 0 Å². The highest BCUT2D eigenvalue weighted by Gasteiger charge is 2.23. The highest BCUT2D eigenvalue weighted by molar-refractivity contribution is 7.13. The van der Waals surface area contributed by atoms with Crippen molar-refractivity contribution in [3.63, 3.8) is 0 Å². The number of benzene rings is 1. The zero-order chi connectivity index (χ0) is 14.2. The van der Waals surface area contributed by atoms with E-state index in [1.54, 1.807) is 11.3 Å². The molecule has 0 saturated carbocycles. The van der Waals surface area contributed by atoms with Crippen molar-refractivity contribution >= 4 is 11.3 Å². The smallest absolute Gasteiger partial charge is 0.183 e. The Morgan fingerprint density at radius 2 is 2.10 bits per heavy atom. The highest BCUT2D eigenvalue weighted by atomic mass is 32.1. The third-order valence-electron chi connectivity index (χ3n) is 3.71. The predicted octanol–water partition coefficient (Wildman–Crippen LogP) is 2.73. The summed E-state index contributed by atoms with van der Waals surface area (Å²) in [5.74, 6) is 1.86. The standard InChI is InChI=1S/C15H15N5S/c1-10-13-18-19-14(20(13)8-7-16-10)12-9-21-15(17-12)11-5-3-2-4-6-11/h2-6,9-10,16H,7-8H2,1H3. The van der Waals surface area contributed by atoms with Crippen molar-refractivity contribution in [2.75, 3.05) is 6.54 Å². The van der Waals surface area contributed by atoms with Gasteiger partial charge in [-0.3, -0.25) is 0 Å². The zero-order valence-corrected chi connectivity index (χ0v) is 12.5. The van der Waals surface area contributed by atoms with Crippen LogP contribution in [0.15, 0.2) is 35.7 Å². The molecule has 0 radical (unpaired) electrons. The Hall–Kier alpha value is -2.05. The lowest BCUT2D eigenvalue weighted by Gasteiger charge is -2.21. The van der Waals surface area contributed by atoms with Crippen LogP contribution in [0.2, 0.25) is 0 Å². The summed E-state index contributed by atoms with van der Waals surface area (Å²) in [5.41, 5.74) is 2.05. The minimum Gasteiger partial charge on any atom is -0.307 e. The Balaban J connectivity index is 1.74. The lowest BCUT2D eigenvalue weighted by atomic mass is 10.2. The summed E-state index contributed by atoms with van der Waals surface area (Å²) in [6, 6.07) is 10.5. The number of thiazole rings is 1. The molecule has 2 aromatic heterocycles. The molecule has 1 N–H and O–H groups in total. The van der Waals surface area contributed by atoms with E-state index < -0.39 is 0 Å². The van der Waals surface area contributed by atoms with Gasteiger partial charge in [0, 0.05) is 24.0 Å². The first-order chi connectivity index (χ1) is 10.3. The molecule has 6 heteroatoms. The highest BCUT2D eigenvalue weighted by Crippen LogP contribution is 2.29. The quantitative estimate of drug-likeness (QED) is 0.790. The van der Waals surface area contributed by atoms with Gasteiger partial charge in [0.05, 0.1) is 6.04 Å². The molecule has 0 fully saturated rings. The molecule has 0 bridgehead atoms. The van der Waals surface area contributed by atoms with Crippen LogP contribution in [0.3, 0.4) is 0 Å². The summed E-state index contributed by atoms with van der Waals surface area (Å²) < 4.78 is 2.17. The van der Waals surface area contributed by atoms with Gasteiger partial charge in [0.1, 0.15) is 16.5 Å². The second-order valence-electron chi connectivity index (χ2n) is 5.11. The second-order valence-corrected chi connectivity index (χ2v) is 5.97. The van der Waals surface area contributed by atoms with Crippen LogP contribution in [-0.4, -0.2) is 26.3 Å². The maximum atomic E-state index is 4.73. The number of hydrogen-bond donors (Lipinski definition) is 1. The lowest BCUT2D eigenvalue weighted by Crippen LogP contribution is -2.32. The van der Waals surface area contributed by atoms with Crippen molar-refractivity contribution in [2.24, 2.45) is 0 Å². The van der Waals surface area contributed by atoms with Gasteiger partial charge in [0.2, 0.25) is 0 Å². The van der Waals surface area contributed by atoms with Crippen molar-refractivity contribution in [3.8, 4) is 22.1 Å². The first-order valence-electron chi connectivity index (χ1n) is 7.01. The monoisotopic (exact) mass is 297 g/mol. The SMILES string of the molecule is CC1NCCn2c(-c3csc(-c4ccccc4)n3)nnc21. The molecule has 5 nitrogen and oxygen atoms in total. The van der Waals surface area contributed by atoms with Gasteiger partial charge in [-0.1, -0.05) is 30.3 Å². The molecule has 3 heterocycles. The molecule has 1 aliphatic rings. The van der Waals surface area contributed by atoms with Crippen LogP contribution < -0.4 is 5.32 Å². The Morgan fingerprint density at radius 3 is 2.95 bits per heavy atom. The summed E-state index contributed by atoms with van der Waals surface area (Å²) in [6.07, 6.45) is 0. The van der Waals surface area contributed by atoms with Crippen molar-refractivity contribution in [3.05, 3.63) is 41.5 Å². The van der Waals surface area contributed by atoms with Gasteiger partial charge in [-0.2, -0.15) is 0 Å². The van der Waals surface area contributed by atoms with Gasteiger partial charge in [0.25, 0.3) is 0 Å². The lowest BCUT2D eigenvalue weighted by molar-refractivity contribution is 0.439. The summed E-state index contributed by atoms with van der Waals surface area (Å²) in [4.78, 5) is 4.73. The summed E-state index contributed by atoms with van der Waals surface area (Å²) in [5, 5.41) is 15.1. The Kier molecular flexibility index (Phi) is 3.05. The van der Waals surface area contributed by atoms with Crippen LogP contribution in [-0.2, 0) is 6.54 Å². The van der Waals surface area contributed by atoms with Crippen molar-refractivity contribution < 1.29 is 0 Å². The molecule has 1 unspecified atom stereocenters. The van der Waals surface area contributed by atoms with E-state index in [2.05, 4.69) is 44.5 Å². The fourth-order valence-electron chi connectivity index (χ4n) is 2.62. The predicted molar refractivity (Wildman–Crippen MR) is 83.0 cm³/mol. The maximum absolute atomic E-state index is 4.73. The van der Waals surface area contributed by atoms with E-state index in [-0.39, 0.29) is 6.04 Å². The second kappa shape index (κ2) is 5.05. The molecular formula is C15H15N5S. The Labute approximate surface area is 126 Å². The number of nitrogens with zero attached hydrogens (tertiary/aromatic N) is 4. The van der Waals surface area contributed by atoms with Crippen LogP contribution in [0.1, 0.15) is 18.8 Å². The van der Waals surface area contributed by atoms with Crippen LogP contribution in [0, 0.1) is 0 Å². The Bertz CT molecular complexity index is 761. The fraction of sp³-hybridized carbons (Fsp3) is 0.267. The third-order valence-corrected chi connectivity index (χ3v) is 4.60. The molecule has 1 atom stereocenters. The number of fused-ring (bicyclic) bond motifs is 1. The maximum Gasteiger partial charge on any atom is 0.183 e. The van der Waals surface area contributed by atoms with Gasteiger partial charge >= 0.3 is 0 Å². The molecule has 1 aliphatic heterocycles. The topological polar surface area (TPSA) is 55.6 Å². The van der Waals surface area contributed by atoms with Gasteiger partial charge < -0.3 is 9.88 Å². The largest absolute Gasteiger partial charge is 0.307 e.